The van der Waals surface area contributed by atoms with Gasteiger partial charge in [0.05, 0.1) is 0 Å². The molecule has 0 aromatic heterocycles. The summed E-state index contributed by atoms with van der Waals surface area (Å²) in [4.78, 5) is 0. The summed E-state index contributed by atoms with van der Waals surface area (Å²) >= 11 is -1.28. The predicted octanol–water partition coefficient (Wildman–Crippen LogP) is 5.20. The van der Waals surface area contributed by atoms with Crippen molar-refractivity contribution < 1.29 is 17.1 Å². The van der Waals surface area contributed by atoms with Gasteiger partial charge in [-0.05, 0) is 0 Å². The van der Waals surface area contributed by atoms with Crippen molar-refractivity contribution in [1.82, 2.24) is 0 Å². The van der Waals surface area contributed by atoms with Crippen LogP contribution in [0.15, 0.2) is 70.6 Å². The van der Waals surface area contributed by atoms with Crippen LogP contribution in [-0.4, -0.2) is 6.66 Å². The Kier molecular flexibility index (Phi) is 3.81. The van der Waals surface area contributed by atoms with Crippen LogP contribution in [0.25, 0.3) is 11.1 Å². The fraction of sp³-hybridized carbons (Fsp3) is 0.200. The molecule has 0 atom stereocenters. The minimum atomic E-state index is -1.28. The Labute approximate surface area is 140 Å². The van der Waals surface area contributed by atoms with E-state index >= 15 is 0 Å². The Morgan fingerprint density at radius 1 is 0.909 bits per heavy atom. The zero-order valence-electron chi connectivity index (χ0n) is 13.2. The average Bonchev–Trinajstić information content (AvgIpc) is 3.16. The van der Waals surface area contributed by atoms with Crippen LogP contribution in [0.4, 0.5) is 0 Å². The molecule has 0 amide bonds. The van der Waals surface area contributed by atoms with Crippen LogP contribution in [0.2, 0.25) is 13.1 Å². The first-order valence-electron chi connectivity index (χ1n) is 8.18. The Morgan fingerprint density at radius 2 is 1.50 bits per heavy atom. The molecule has 0 N–H and O–H groups in total. The van der Waals surface area contributed by atoms with Gasteiger partial charge in [-0.1, -0.05) is 0 Å². The normalized spacial score (nSPS) is 15.9. The summed E-state index contributed by atoms with van der Waals surface area (Å²) in [5.41, 5.74) is 6.23. The van der Waals surface area contributed by atoms with Crippen molar-refractivity contribution in [2.75, 3.05) is 0 Å². The summed E-state index contributed by atoms with van der Waals surface area (Å²) in [5.74, 6) is 0. The fourth-order valence-corrected chi connectivity index (χ4v) is 17.8. The van der Waals surface area contributed by atoms with Crippen LogP contribution in [0.3, 0.4) is 0 Å². The quantitative estimate of drug-likeness (QED) is 0.675. The van der Waals surface area contributed by atoms with Gasteiger partial charge in [-0.15, -0.1) is 0 Å². The zero-order chi connectivity index (χ0) is 15.1. The monoisotopic (exact) mass is 337 g/mol. The van der Waals surface area contributed by atoms with E-state index in [4.69, 9.17) is 0 Å². The molecule has 2 heteroatoms. The van der Waals surface area contributed by atoms with Gasteiger partial charge in [0.2, 0.25) is 0 Å². The molecule has 22 heavy (non-hydrogen) atoms. The van der Waals surface area contributed by atoms with E-state index in [1.807, 2.05) is 3.88 Å². The first-order chi connectivity index (χ1) is 10.8. The van der Waals surface area contributed by atoms with Gasteiger partial charge in [0.1, 0.15) is 0 Å². The van der Waals surface area contributed by atoms with Crippen molar-refractivity contribution in [3.8, 4) is 11.1 Å². The molecular formula is C20H21SiTi. The van der Waals surface area contributed by atoms with Crippen LogP contribution in [-0.2, 0) is 17.1 Å². The average molecular weight is 337 g/mol. The van der Waals surface area contributed by atoms with Crippen LogP contribution in [0.5, 0.6) is 0 Å². The van der Waals surface area contributed by atoms with Gasteiger partial charge in [0.15, 0.2) is 0 Å². The summed E-state index contributed by atoms with van der Waals surface area (Å²) < 4.78 is 2.54. The van der Waals surface area contributed by atoms with E-state index in [0.29, 0.717) is 0 Å². The van der Waals surface area contributed by atoms with Crippen molar-refractivity contribution in [3.05, 3.63) is 81.8 Å². The Bertz CT molecular complexity index is 727. The molecule has 0 radical (unpaired) electrons. The van der Waals surface area contributed by atoms with E-state index in [2.05, 4.69) is 79.9 Å². The predicted molar refractivity (Wildman–Crippen MR) is 94.4 cm³/mol. The molecule has 0 saturated carbocycles. The summed E-state index contributed by atoms with van der Waals surface area (Å²) in [6, 6.07) is 18.3. The fourth-order valence-electron chi connectivity index (χ4n) is 4.04. The maximum atomic E-state index is 2.58. The maximum absolute atomic E-state index is 2.58. The van der Waals surface area contributed by atoms with Crippen molar-refractivity contribution in [2.45, 2.75) is 23.7 Å². The first-order valence-corrected chi connectivity index (χ1v) is 15.5. The third-order valence-electron chi connectivity index (χ3n) is 4.91. The molecule has 2 aromatic carbocycles. The minimum absolute atomic E-state index is 0.651. The van der Waals surface area contributed by atoms with Crippen LogP contribution < -0.4 is 0 Å². The molecule has 0 nitrogen and oxygen atoms in total. The Balaban J connectivity index is 1.90. The third-order valence-corrected chi connectivity index (χ3v) is 18.6. The van der Waals surface area contributed by atoms with Crippen molar-refractivity contribution in [1.29, 1.82) is 0 Å². The molecule has 0 aliphatic heterocycles. The van der Waals surface area contributed by atoms with Gasteiger partial charge < -0.3 is 0 Å². The van der Waals surface area contributed by atoms with E-state index in [1.54, 1.807) is 11.1 Å². The van der Waals surface area contributed by atoms with E-state index < -0.39 is 23.8 Å². The molecule has 0 fully saturated rings. The van der Waals surface area contributed by atoms with Gasteiger partial charge in [-0.25, -0.2) is 0 Å². The molecule has 0 spiro atoms. The summed E-state index contributed by atoms with van der Waals surface area (Å²) in [7, 11) is 0. The SMILES string of the molecule is C[SiH](C)[Ti]([C]1=CC=CC1)[CH]1c2ccccc2-c2ccccc21. The number of fused-ring (bicyclic) bond motifs is 3. The van der Waals surface area contributed by atoms with Crippen molar-refractivity contribution in [2.24, 2.45) is 0 Å². The van der Waals surface area contributed by atoms with Crippen LogP contribution in [0.1, 0.15) is 21.8 Å². The summed E-state index contributed by atoms with van der Waals surface area (Å²) in [5, 5.41) is 0. The topological polar surface area (TPSA) is 0 Å². The molecule has 2 aliphatic rings. The van der Waals surface area contributed by atoms with Crippen LogP contribution in [0, 0.1) is 0 Å². The van der Waals surface area contributed by atoms with Crippen molar-refractivity contribution >= 4 is 6.66 Å². The number of hydrogen-bond acceptors (Lipinski definition) is 0. The molecule has 0 bridgehead atoms. The molecule has 0 saturated heterocycles. The number of hydrogen-bond donors (Lipinski definition) is 0. The van der Waals surface area contributed by atoms with Gasteiger partial charge in [-0.3, -0.25) is 0 Å². The number of benzene rings is 2. The molecule has 2 aromatic rings. The summed E-state index contributed by atoms with van der Waals surface area (Å²) in [6.45, 7) is 4.51. The second-order valence-electron chi connectivity index (χ2n) is 6.54. The van der Waals surface area contributed by atoms with E-state index in [9.17, 15) is 0 Å². The van der Waals surface area contributed by atoms with Crippen LogP contribution >= 0.6 is 0 Å². The standard InChI is InChI=1S/C13H9.C5H5.C2H7Si.Ti/c1-3-7-12-10(5-1)9-11-6-2-4-8-13(11)12;1-2-4-5-3-1;1-3-2;/h1-9H;1-3H,4H2;3H,1-2H3;. The third kappa shape index (κ3) is 2.23. The molecular weight excluding hydrogens is 316 g/mol. The molecule has 109 valence electrons. The van der Waals surface area contributed by atoms with E-state index in [1.165, 1.54) is 17.5 Å². The molecule has 4 rings (SSSR count). The van der Waals surface area contributed by atoms with Gasteiger partial charge in [0.25, 0.3) is 0 Å². The second-order valence-corrected chi connectivity index (χ2v) is 20.2. The van der Waals surface area contributed by atoms with Gasteiger partial charge in [0, 0.05) is 0 Å². The second kappa shape index (κ2) is 5.81. The molecule has 2 aliphatic carbocycles. The van der Waals surface area contributed by atoms with Gasteiger partial charge in [-0.2, -0.15) is 0 Å². The molecule has 0 unspecified atom stereocenters. The first kappa shape index (κ1) is 14.4. The Morgan fingerprint density at radius 3 is 2.00 bits per heavy atom. The Hall–Kier alpha value is -1.15. The van der Waals surface area contributed by atoms with E-state index in [0.717, 1.165) is 4.22 Å². The van der Waals surface area contributed by atoms with Gasteiger partial charge >= 0.3 is 140 Å². The summed E-state index contributed by atoms with van der Waals surface area (Å²) in [6.07, 6.45) is 8.31. The van der Waals surface area contributed by atoms with E-state index in [-0.39, 0.29) is 0 Å². The van der Waals surface area contributed by atoms with Crippen molar-refractivity contribution in [3.63, 3.8) is 0 Å². The number of allylic oxidation sites excluding steroid dienone is 4. The molecule has 0 heterocycles. The zero-order valence-corrected chi connectivity index (χ0v) is 15.9. The number of rotatable bonds is 3.